The smallest absolute Gasteiger partial charge is 0.310 e. The van der Waals surface area contributed by atoms with E-state index in [1.165, 1.54) is 22.7 Å². The molecule has 59 heavy (non-hydrogen) atoms. The Morgan fingerprint density at radius 2 is 1.83 bits per heavy atom. The van der Waals surface area contributed by atoms with E-state index in [-0.39, 0.29) is 74.3 Å². The number of carboxylic acid groups (broad SMARTS) is 1. The molecule has 1 saturated heterocycles. The molecular weight excluding hydrogens is 800 g/mol. The van der Waals surface area contributed by atoms with Crippen LogP contribution in [0.2, 0.25) is 5.02 Å². The van der Waals surface area contributed by atoms with E-state index in [0.29, 0.717) is 45.0 Å². The van der Waals surface area contributed by atoms with Crippen molar-refractivity contribution in [3.63, 3.8) is 0 Å². The van der Waals surface area contributed by atoms with Crippen molar-refractivity contribution in [3.8, 4) is 22.9 Å². The van der Waals surface area contributed by atoms with Crippen molar-refractivity contribution in [3.05, 3.63) is 41.3 Å². The zero-order valence-corrected chi connectivity index (χ0v) is 35.5. The summed E-state index contributed by atoms with van der Waals surface area (Å²) < 4.78 is 22.9. The van der Waals surface area contributed by atoms with Gasteiger partial charge in [-0.15, -0.1) is 17.9 Å². The number of hydrogen-bond donors (Lipinski definition) is 2. The quantitative estimate of drug-likeness (QED) is 0.0427. The molecule has 0 radical (unpaired) electrons. The van der Waals surface area contributed by atoms with Crippen LogP contribution < -0.4 is 14.8 Å². The number of ketones is 1. The van der Waals surface area contributed by atoms with E-state index in [4.69, 9.17) is 40.5 Å². The van der Waals surface area contributed by atoms with Crippen molar-refractivity contribution in [1.82, 2.24) is 14.9 Å². The fourth-order valence-electron chi connectivity index (χ4n) is 8.71. The molecule has 3 aliphatic carbocycles. The Morgan fingerprint density at radius 3 is 2.47 bits per heavy atom. The average Bonchev–Trinajstić information content (AvgIpc) is 3.84. The van der Waals surface area contributed by atoms with Gasteiger partial charge in [0.15, 0.2) is 10.9 Å². The average molecular weight is 851 g/mol. The number of rotatable bonds is 18. The first kappa shape index (κ1) is 42.4. The van der Waals surface area contributed by atoms with E-state index in [2.05, 4.69) is 11.9 Å². The molecule has 1 aromatic carbocycles. The third kappa shape index (κ3) is 9.06. The Labute approximate surface area is 352 Å². The molecule has 1 amide bonds. The SMILES string of the molecule is C=C[C@@H]1C[C@]1(CC(=O)C1C[C@@H](Oc2cc(-c3csc(NC(C)C)n3)nc3c(Cl)c(OCOC=O)ccc23)CN1C(=O)[C@@H](CC(=O)OC1C[C@@H]2C[C@@H]2C1)C(C)(C)C)C(=O)O. The highest BCUT2D eigenvalue weighted by Crippen LogP contribution is 2.57. The van der Waals surface area contributed by atoms with Gasteiger partial charge in [-0.1, -0.05) is 38.4 Å². The fourth-order valence-corrected chi connectivity index (χ4v) is 9.82. The van der Waals surface area contributed by atoms with Crippen LogP contribution in [0.1, 0.15) is 79.6 Å². The van der Waals surface area contributed by atoms with E-state index < -0.39 is 52.5 Å². The Morgan fingerprint density at radius 1 is 1.08 bits per heavy atom. The molecule has 16 heteroatoms. The number of anilines is 1. The second-order valence-electron chi connectivity index (χ2n) is 17.7. The molecule has 2 aromatic heterocycles. The maximum absolute atomic E-state index is 14.8. The number of nitrogens with one attached hydrogen (secondary N) is 1. The van der Waals surface area contributed by atoms with Gasteiger partial charge in [0.1, 0.15) is 34.4 Å². The summed E-state index contributed by atoms with van der Waals surface area (Å²) in [6.07, 6.45) is 3.47. The lowest BCUT2D eigenvalue weighted by molar-refractivity contribution is -0.157. The highest BCUT2D eigenvalue weighted by atomic mass is 35.5. The van der Waals surface area contributed by atoms with E-state index >= 15 is 0 Å². The molecule has 3 aromatic rings. The monoisotopic (exact) mass is 850 g/mol. The first-order valence-electron chi connectivity index (χ1n) is 20.1. The van der Waals surface area contributed by atoms with Crippen molar-refractivity contribution in [2.45, 2.75) is 104 Å². The number of allylic oxidation sites excluding steroid dienone is 1. The fraction of sp³-hybridized carbons (Fsp3) is 0.558. The van der Waals surface area contributed by atoms with Gasteiger partial charge in [-0.2, -0.15) is 0 Å². The molecule has 8 atom stereocenters. The van der Waals surface area contributed by atoms with Gasteiger partial charge >= 0.3 is 11.9 Å². The number of nitrogens with zero attached hydrogens (tertiary/aromatic N) is 3. The molecular formula is C43H51ClN4O10S. The number of carboxylic acids is 1. The molecule has 0 bridgehead atoms. The lowest BCUT2D eigenvalue weighted by Gasteiger charge is -2.35. The lowest BCUT2D eigenvalue weighted by atomic mass is 9.77. The molecule has 2 unspecified atom stereocenters. The lowest BCUT2D eigenvalue weighted by Crippen LogP contribution is -2.48. The minimum atomic E-state index is -1.29. The van der Waals surface area contributed by atoms with Gasteiger partial charge < -0.3 is 34.3 Å². The molecule has 7 rings (SSSR count). The number of likely N-dealkylation sites (tertiary alicyclic amines) is 1. The first-order chi connectivity index (χ1) is 28.0. The van der Waals surface area contributed by atoms with Gasteiger partial charge in [0.05, 0.1) is 41.6 Å². The number of amides is 1. The number of aliphatic carboxylic acids is 1. The summed E-state index contributed by atoms with van der Waals surface area (Å²) in [5, 5.41) is 16.7. The van der Waals surface area contributed by atoms with Gasteiger partial charge in [-0.3, -0.25) is 24.0 Å². The second-order valence-corrected chi connectivity index (χ2v) is 19.0. The van der Waals surface area contributed by atoms with Crippen molar-refractivity contribution >= 4 is 69.1 Å². The third-order valence-corrected chi connectivity index (χ3v) is 13.3. The van der Waals surface area contributed by atoms with Crippen molar-refractivity contribution in [2.75, 3.05) is 18.7 Å². The minimum Gasteiger partial charge on any atom is -0.488 e. The number of Topliss-reactive ketones (excluding diaryl/α,β-unsaturated/α-hetero) is 1. The summed E-state index contributed by atoms with van der Waals surface area (Å²) in [4.78, 5) is 76.8. The number of thiazole rings is 1. The summed E-state index contributed by atoms with van der Waals surface area (Å²) in [6, 6.07) is 4.14. The topological polar surface area (TPSA) is 184 Å². The number of esters is 1. The van der Waals surface area contributed by atoms with Crippen LogP contribution in [-0.2, 0) is 33.4 Å². The minimum absolute atomic E-state index is 0.00984. The van der Waals surface area contributed by atoms with E-state index in [9.17, 15) is 29.1 Å². The van der Waals surface area contributed by atoms with Crippen LogP contribution >= 0.6 is 22.9 Å². The van der Waals surface area contributed by atoms with E-state index in [0.717, 1.165) is 12.8 Å². The molecule has 4 fully saturated rings. The maximum Gasteiger partial charge on any atom is 0.310 e. The number of benzene rings is 1. The Bertz CT molecular complexity index is 2140. The van der Waals surface area contributed by atoms with Gasteiger partial charge in [-0.05, 0) is 74.8 Å². The van der Waals surface area contributed by atoms with Crippen LogP contribution in [0.15, 0.2) is 36.2 Å². The second kappa shape index (κ2) is 16.7. The van der Waals surface area contributed by atoms with Gasteiger partial charge in [0.2, 0.25) is 12.7 Å². The predicted molar refractivity (Wildman–Crippen MR) is 220 cm³/mol. The largest absolute Gasteiger partial charge is 0.488 e. The highest BCUT2D eigenvalue weighted by Gasteiger charge is 2.61. The number of ether oxygens (including phenoxy) is 4. The summed E-state index contributed by atoms with van der Waals surface area (Å²) >= 11 is 8.27. The Hall–Kier alpha value is -4.76. The number of carbonyl (C=O) groups excluding carboxylic acids is 4. The highest BCUT2D eigenvalue weighted by molar-refractivity contribution is 7.14. The summed E-state index contributed by atoms with van der Waals surface area (Å²) in [6.45, 7) is 13.3. The molecule has 2 N–H and O–H groups in total. The molecule has 14 nitrogen and oxygen atoms in total. The first-order valence-corrected chi connectivity index (χ1v) is 21.4. The van der Waals surface area contributed by atoms with Crippen molar-refractivity contribution in [2.24, 2.45) is 34.5 Å². The van der Waals surface area contributed by atoms with Gasteiger partial charge in [0, 0.05) is 35.7 Å². The summed E-state index contributed by atoms with van der Waals surface area (Å²) in [7, 11) is 0. The predicted octanol–water partition coefficient (Wildman–Crippen LogP) is 7.32. The Balaban J connectivity index is 1.21. The molecule has 3 saturated carbocycles. The molecule has 3 heterocycles. The number of fused-ring (bicyclic) bond motifs is 2. The van der Waals surface area contributed by atoms with Crippen molar-refractivity contribution < 1.29 is 48.0 Å². The third-order valence-electron chi connectivity index (χ3n) is 12.1. The zero-order chi connectivity index (χ0) is 42.4. The van der Waals surface area contributed by atoms with Crippen LogP contribution in [0, 0.1) is 34.5 Å². The van der Waals surface area contributed by atoms with E-state index in [1.54, 1.807) is 24.3 Å². The Kier molecular flexibility index (Phi) is 12.0. The number of halogens is 1. The number of carbonyl (C=O) groups is 5. The standard InChI is InChI=1S/C43H51ClN4O10S/c1-7-25-16-43(25,40(53)54)17-33(50)32-13-27(18-48(32)39(52)29(42(4,5)6)14-36(51)58-26-11-23-10-24(23)12-26)57-35-15-30(31-19-59-41(47-31)45-22(2)3)46-38-28(35)8-9-34(37(38)44)56-21-55-20-49/h7-9,15,19-20,22-27,29,32H,1,10-14,16-18,21H2,2-6H3,(H,45,47)(H,53,54)/t23-,24+,25-,26?,27-,29-,32?,43-/m1/s1. The van der Waals surface area contributed by atoms with Crippen LogP contribution in [0.3, 0.4) is 0 Å². The normalized spacial score (nSPS) is 26.2. The van der Waals surface area contributed by atoms with Crippen LogP contribution in [0.5, 0.6) is 11.5 Å². The summed E-state index contributed by atoms with van der Waals surface area (Å²) in [5.74, 6) is -1.73. The maximum atomic E-state index is 14.8. The van der Waals surface area contributed by atoms with Crippen LogP contribution in [0.25, 0.3) is 22.3 Å². The van der Waals surface area contributed by atoms with Crippen LogP contribution in [-0.4, -0.2) is 87.7 Å². The van der Waals surface area contributed by atoms with E-state index in [1.807, 2.05) is 40.0 Å². The molecule has 1 aliphatic heterocycles. The molecule has 316 valence electrons. The number of pyridine rings is 1. The van der Waals surface area contributed by atoms with Gasteiger partial charge in [0.25, 0.3) is 6.47 Å². The number of aromatic nitrogens is 2. The van der Waals surface area contributed by atoms with Crippen LogP contribution in [0.4, 0.5) is 5.13 Å². The number of hydrogen-bond acceptors (Lipinski definition) is 13. The molecule has 0 spiro atoms. The van der Waals surface area contributed by atoms with Crippen molar-refractivity contribution in [1.29, 1.82) is 0 Å². The zero-order valence-electron chi connectivity index (χ0n) is 33.9. The van der Waals surface area contributed by atoms with Gasteiger partial charge in [-0.25, -0.2) is 9.97 Å². The molecule has 4 aliphatic rings. The summed E-state index contributed by atoms with van der Waals surface area (Å²) in [5.41, 5.74) is -0.690.